The SMILES string of the molecule is CC(C(=O)O)=C(CC(F)(F)F)CC(F)(F)F. The molecule has 1 N–H and O–H groups in total. The lowest BCUT2D eigenvalue weighted by molar-refractivity contribution is -0.143. The maximum absolute atomic E-state index is 11.9. The van der Waals surface area contributed by atoms with Crippen LogP contribution < -0.4 is 0 Å². The number of carboxylic acids is 1. The van der Waals surface area contributed by atoms with E-state index >= 15 is 0 Å². The van der Waals surface area contributed by atoms with Gasteiger partial charge in [-0.15, -0.1) is 0 Å². The zero-order valence-corrected chi connectivity index (χ0v) is 8.04. The smallest absolute Gasteiger partial charge is 0.392 e. The van der Waals surface area contributed by atoms with Crippen LogP contribution in [-0.2, 0) is 4.79 Å². The van der Waals surface area contributed by atoms with Gasteiger partial charge in [-0.25, -0.2) is 4.79 Å². The van der Waals surface area contributed by atoms with Crippen LogP contribution in [0.3, 0.4) is 0 Å². The molecule has 0 fully saturated rings. The first-order valence-electron chi connectivity index (χ1n) is 3.98. The Balaban J connectivity index is 5.08. The Kier molecular flexibility index (Phi) is 4.39. The molecule has 0 aromatic heterocycles. The fourth-order valence-electron chi connectivity index (χ4n) is 0.963. The number of aliphatic carboxylic acids is 1. The van der Waals surface area contributed by atoms with Crippen LogP contribution in [-0.4, -0.2) is 23.4 Å². The van der Waals surface area contributed by atoms with Gasteiger partial charge in [-0.05, 0) is 12.5 Å². The van der Waals surface area contributed by atoms with Crippen LogP contribution in [0.2, 0.25) is 0 Å². The van der Waals surface area contributed by atoms with Crippen molar-refractivity contribution in [3.63, 3.8) is 0 Å². The molecule has 0 amide bonds. The number of carbonyl (C=O) groups is 1. The van der Waals surface area contributed by atoms with Crippen molar-refractivity contribution >= 4 is 5.97 Å². The minimum atomic E-state index is -4.86. The summed E-state index contributed by atoms with van der Waals surface area (Å²) in [5.74, 6) is -1.79. The highest BCUT2D eigenvalue weighted by atomic mass is 19.4. The van der Waals surface area contributed by atoms with Gasteiger partial charge in [-0.1, -0.05) is 0 Å². The van der Waals surface area contributed by atoms with Gasteiger partial charge in [0.1, 0.15) is 0 Å². The van der Waals surface area contributed by atoms with Gasteiger partial charge in [0.05, 0.1) is 12.8 Å². The first kappa shape index (κ1) is 14.8. The standard InChI is InChI=1S/C8H8F6O2/c1-4(6(15)16)5(2-7(9,10)11)3-8(12,13)14/h2-3H2,1H3,(H,15,16). The molecule has 0 radical (unpaired) electrons. The van der Waals surface area contributed by atoms with Crippen molar-refractivity contribution in [1.29, 1.82) is 0 Å². The second-order valence-electron chi connectivity index (χ2n) is 3.12. The third kappa shape index (κ3) is 6.31. The molecule has 0 saturated heterocycles. The second kappa shape index (κ2) is 4.75. The Labute approximate surface area is 86.6 Å². The third-order valence-electron chi connectivity index (χ3n) is 1.68. The number of hydrogen-bond donors (Lipinski definition) is 1. The van der Waals surface area contributed by atoms with E-state index in [-0.39, 0.29) is 0 Å². The second-order valence-corrected chi connectivity index (χ2v) is 3.12. The number of allylic oxidation sites excluding steroid dienone is 1. The van der Waals surface area contributed by atoms with E-state index in [1.807, 2.05) is 0 Å². The first-order chi connectivity index (χ1) is 6.92. The molecule has 94 valence electrons. The Hall–Kier alpha value is -1.21. The Morgan fingerprint density at radius 1 is 1.00 bits per heavy atom. The largest absolute Gasteiger partial charge is 0.478 e. The third-order valence-corrected chi connectivity index (χ3v) is 1.68. The summed E-state index contributed by atoms with van der Waals surface area (Å²) in [5, 5.41) is 8.35. The van der Waals surface area contributed by atoms with E-state index in [1.165, 1.54) is 0 Å². The van der Waals surface area contributed by atoms with Gasteiger partial charge in [0.15, 0.2) is 0 Å². The molecule has 8 heteroatoms. The van der Waals surface area contributed by atoms with Crippen molar-refractivity contribution in [2.24, 2.45) is 0 Å². The highest BCUT2D eigenvalue weighted by Crippen LogP contribution is 2.34. The van der Waals surface area contributed by atoms with Crippen LogP contribution >= 0.6 is 0 Å². The van der Waals surface area contributed by atoms with Gasteiger partial charge >= 0.3 is 18.3 Å². The molecule has 16 heavy (non-hydrogen) atoms. The van der Waals surface area contributed by atoms with E-state index in [1.54, 1.807) is 0 Å². The van der Waals surface area contributed by atoms with Crippen LogP contribution in [0.1, 0.15) is 19.8 Å². The normalized spacial score (nSPS) is 12.4. The molecule has 0 aliphatic rings. The van der Waals surface area contributed by atoms with Crippen LogP contribution in [0, 0.1) is 0 Å². The van der Waals surface area contributed by atoms with Gasteiger partial charge < -0.3 is 5.11 Å². The lowest BCUT2D eigenvalue weighted by Crippen LogP contribution is -2.17. The van der Waals surface area contributed by atoms with Crippen molar-refractivity contribution in [2.75, 3.05) is 0 Å². The summed E-state index contributed by atoms with van der Waals surface area (Å²) >= 11 is 0. The van der Waals surface area contributed by atoms with Gasteiger partial charge in [-0.3, -0.25) is 0 Å². The number of carboxylic acid groups (broad SMARTS) is 1. The molecule has 0 rings (SSSR count). The zero-order chi connectivity index (χ0) is 13.1. The monoisotopic (exact) mass is 250 g/mol. The molecule has 2 nitrogen and oxygen atoms in total. The van der Waals surface area contributed by atoms with E-state index in [0.717, 1.165) is 6.92 Å². The molecule has 0 unspecified atom stereocenters. The van der Waals surface area contributed by atoms with E-state index in [2.05, 4.69) is 0 Å². The summed E-state index contributed by atoms with van der Waals surface area (Å²) in [5.41, 5.74) is -2.10. The Bertz CT molecular complexity index is 281. The Morgan fingerprint density at radius 2 is 1.31 bits per heavy atom. The minimum Gasteiger partial charge on any atom is -0.478 e. The highest BCUT2D eigenvalue weighted by molar-refractivity contribution is 5.86. The van der Waals surface area contributed by atoms with E-state index in [9.17, 15) is 31.1 Å². The lowest BCUT2D eigenvalue weighted by atomic mass is 10.0. The first-order valence-corrected chi connectivity index (χ1v) is 3.98. The molecule has 0 aliphatic carbocycles. The van der Waals surface area contributed by atoms with E-state index < -0.39 is 42.3 Å². The zero-order valence-electron chi connectivity index (χ0n) is 8.04. The predicted molar refractivity (Wildman–Crippen MR) is 41.7 cm³/mol. The fourth-order valence-corrected chi connectivity index (χ4v) is 0.963. The number of rotatable bonds is 3. The highest BCUT2D eigenvalue weighted by Gasteiger charge is 2.37. The van der Waals surface area contributed by atoms with Crippen molar-refractivity contribution in [3.8, 4) is 0 Å². The lowest BCUT2D eigenvalue weighted by Gasteiger charge is -2.14. The molecule has 0 aromatic rings. The molecule has 0 spiro atoms. The summed E-state index contributed by atoms with van der Waals surface area (Å²) in [4.78, 5) is 10.3. The van der Waals surface area contributed by atoms with Crippen molar-refractivity contribution < 1.29 is 36.2 Å². The Morgan fingerprint density at radius 3 is 1.50 bits per heavy atom. The van der Waals surface area contributed by atoms with E-state index in [0.29, 0.717) is 0 Å². The van der Waals surface area contributed by atoms with Crippen molar-refractivity contribution in [1.82, 2.24) is 0 Å². The molecular formula is C8H8F6O2. The van der Waals surface area contributed by atoms with Crippen molar-refractivity contribution in [3.05, 3.63) is 11.1 Å². The van der Waals surface area contributed by atoms with Gasteiger partial charge in [0.25, 0.3) is 0 Å². The minimum absolute atomic E-state index is 0.717. The summed E-state index contributed by atoms with van der Waals surface area (Å²) < 4.78 is 71.5. The van der Waals surface area contributed by atoms with Crippen molar-refractivity contribution in [2.45, 2.75) is 32.1 Å². The maximum Gasteiger partial charge on any atom is 0.392 e. The molecule has 0 aromatic carbocycles. The maximum atomic E-state index is 11.9. The summed E-state index contributed by atoms with van der Waals surface area (Å²) in [6.45, 7) is 0.717. The van der Waals surface area contributed by atoms with Crippen LogP contribution in [0.5, 0.6) is 0 Å². The molecule has 0 atom stereocenters. The quantitative estimate of drug-likeness (QED) is 0.616. The molecular weight excluding hydrogens is 242 g/mol. The van der Waals surface area contributed by atoms with Crippen LogP contribution in [0.25, 0.3) is 0 Å². The van der Waals surface area contributed by atoms with Gasteiger partial charge in [-0.2, -0.15) is 26.3 Å². The predicted octanol–water partition coefficient (Wildman–Crippen LogP) is 3.29. The summed E-state index contributed by atoms with van der Waals surface area (Å²) in [6.07, 6.45) is -13.5. The number of alkyl halides is 6. The molecule has 0 aliphatic heterocycles. The van der Waals surface area contributed by atoms with Crippen LogP contribution in [0.4, 0.5) is 26.3 Å². The summed E-state index contributed by atoms with van der Waals surface area (Å²) in [6, 6.07) is 0. The fraction of sp³-hybridized carbons (Fsp3) is 0.625. The molecule has 0 heterocycles. The topological polar surface area (TPSA) is 37.3 Å². The van der Waals surface area contributed by atoms with E-state index in [4.69, 9.17) is 5.11 Å². The molecule has 0 saturated carbocycles. The van der Waals surface area contributed by atoms with Gasteiger partial charge in [0, 0.05) is 5.57 Å². The molecule has 0 bridgehead atoms. The van der Waals surface area contributed by atoms with Gasteiger partial charge in [0.2, 0.25) is 0 Å². The average molecular weight is 250 g/mol. The van der Waals surface area contributed by atoms with Crippen LogP contribution in [0.15, 0.2) is 11.1 Å². The number of hydrogen-bond acceptors (Lipinski definition) is 1. The number of halogens is 6. The average Bonchev–Trinajstić information content (AvgIpc) is 1.95. The summed E-state index contributed by atoms with van der Waals surface area (Å²) in [7, 11) is 0.